The van der Waals surface area contributed by atoms with E-state index in [1.165, 1.54) is 11.3 Å². The smallest absolute Gasteiger partial charge is 0.330 e. The SMILES string of the molecule is Cn1c(=O)n(CC(C)(C)C)c2ccc(-c3ccc(N4CCN(C(=O)c5cscn5)CC4)cc3)nc21. The number of piperazine rings is 1. The minimum Gasteiger partial charge on any atom is -0.368 e. The zero-order chi connectivity index (χ0) is 24.7. The molecular formula is C26H30N6O2S. The predicted molar refractivity (Wildman–Crippen MR) is 140 cm³/mol. The second-order valence-electron chi connectivity index (χ2n) is 10.2. The van der Waals surface area contributed by atoms with E-state index in [0.717, 1.165) is 35.6 Å². The van der Waals surface area contributed by atoms with Crippen molar-refractivity contribution in [2.24, 2.45) is 12.5 Å². The van der Waals surface area contributed by atoms with Crippen LogP contribution < -0.4 is 10.6 Å². The molecule has 182 valence electrons. The third-order valence-corrected chi connectivity index (χ3v) is 6.95. The zero-order valence-corrected chi connectivity index (χ0v) is 21.4. The third kappa shape index (κ3) is 4.60. The van der Waals surface area contributed by atoms with Crippen molar-refractivity contribution in [1.29, 1.82) is 0 Å². The van der Waals surface area contributed by atoms with Crippen LogP contribution in [0.4, 0.5) is 5.69 Å². The average molecular weight is 491 g/mol. The minimum absolute atomic E-state index is 0.00776. The molecule has 8 nitrogen and oxygen atoms in total. The first-order valence-electron chi connectivity index (χ1n) is 11.8. The molecule has 4 aromatic rings. The van der Waals surface area contributed by atoms with E-state index < -0.39 is 0 Å². The Balaban J connectivity index is 1.32. The Morgan fingerprint density at radius 2 is 1.74 bits per heavy atom. The van der Waals surface area contributed by atoms with Gasteiger partial charge >= 0.3 is 5.69 Å². The van der Waals surface area contributed by atoms with E-state index in [9.17, 15) is 9.59 Å². The van der Waals surface area contributed by atoms with Gasteiger partial charge in [-0.2, -0.15) is 0 Å². The highest BCUT2D eigenvalue weighted by molar-refractivity contribution is 7.07. The van der Waals surface area contributed by atoms with Crippen molar-refractivity contribution in [2.75, 3.05) is 31.1 Å². The third-order valence-electron chi connectivity index (χ3n) is 6.36. The molecule has 1 aliphatic heterocycles. The lowest BCUT2D eigenvalue weighted by atomic mass is 9.97. The molecule has 0 saturated carbocycles. The van der Waals surface area contributed by atoms with Crippen LogP contribution >= 0.6 is 11.3 Å². The standard InChI is InChI=1S/C26H30N6O2S/c1-26(2,3)16-32-22-10-9-20(28-23(22)29(4)25(32)34)18-5-7-19(8-6-18)30-11-13-31(14-12-30)24(33)21-15-35-17-27-21/h5-10,15,17H,11-14,16H2,1-4H3. The summed E-state index contributed by atoms with van der Waals surface area (Å²) in [6.45, 7) is 9.93. The minimum atomic E-state index is -0.0395. The van der Waals surface area contributed by atoms with Crippen LogP contribution in [0.15, 0.2) is 52.1 Å². The Hall–Kier alpha value is -3.46. The Morgan fingerprint density at radius 1 is 1.03 bits per heavy atom. The zero-order valence-electron chi connectivity index (χ0n) is 20.6. The number of thiazole rings is 1. The number of fused-ring (bicyclic) bond motifs is 1. The van der Waals surface area contributed by atoms with Gasteiger partial charge in [0.25, 0.3) is 5.91 Å². The number of pyridine rings is 1. The van der Waals surface area contributed by atoms with Gasteiger partial charge in [0, 0.05) is 56.4 Å². The van der Waals surface area contributed by atoms with Gasteiger partial charge < -0.3 is 9.80 Å². The molecule has 0 unspecified atom stereocenters. The number of amides is 1. The van der Waals surface area contributed by atoms with E-state index in [0.29, 0.717) is 31.0 Å². The summed E-state index contributed by atoms with van der Waals surface area (Å²) in [5.41, 5.74) is 6.70. The van der Waals surface area contributed by atoms with Crippen LogP contribution in [0.1, 0.15) is 31.3 Å². The number of hydrogen-bond donors (Lipinski definition) is 0. The molecule has 9 heteroatoms. The number of carbonyl (C=O) groups excluding carboxylic acids is 1. The van der Waals surface area contributed by atoms with E-state index in [1.807, 2.05) is 21.6 Å². The van der Waals surface area contributed by atoms with Gasteiger partial charge in [-0.25, -0.2) is 14.8 Å². The van der Waals surface area contributed by atoms with Gasteiger partial charge in [0.2, 0.25) is 0 Å². The number of aryl methyl sites for hydroxylation is 1. The Bertz CT molecular complexity index is 1410. The number of carbonyl (C=O) groups is 1. The average Bonchev–Trinajstić information content (AvgIpc) is 3.47. The summed E-state index contributed by atoms with van der Waals surface area (Å²) in [6, 6.07) is 12.3. The summed E-state index contributed by atoms with van der Waals surface area (Å²) in [6.07, 6.45) is 0. The maximum Gasteiger partial charge on any atom is 0.330 e. The Labute approximate surface area is 208 Å². The van der Waals surface area contributed by atoms with Gasteiger partial charge in [0.1, 0.15) is 5.69 Å². The van der Waals surface area contributed by atoms with Crippen molar-refractivity contribution in [1.82, 2.24) is 24.0 Å². The second-order valence-corrected chi connectivity index (χ2v) is 10.9. The fourth-order valence-electron chi connectivity index (χ4n) is 4.55. The lowest BCUT2D eigenvalue weighted by molar-refractivity contribution is 0.0741. The number of hydrogen-bond acceptors (Lipinski definition) is 6. The first-order valence-corrected chi connectivity index (χ1v) is 12.7. The predicted octanol–water partition coefficient (Wildman–Crippen LogP) is 3.87. The van der Waals surface area contributed by atoms with E-state index in [1.54, 1.807) is 22.5 Å². The molecule has 3 aromatic heterocycles. The molecule has 0 aliphatic carbocycles. The highest BCUT2D eigenvalue weighted by Crippen LogP contribution is 2.26. The number of nitrogens with zero attached hydrogens (tertiary/aromatic N) is 6. The van der Waals surface area contributed by atoms with Gasteiger partial charge in [0.15, 0.2) is 5.65 Å². The molecule has 0 radical (unpaired) electrons. The molecule has 4 heterocycles. The summed E-state index contributed by atoms with van der Waals surface area (Å²) in [4.78, 5) is 38.5. The summed E-state index contributed by atoms with van der Waals surface area (Å²) in [5.74, 6) is 0.00782. The molecule has 1 fully saturated rings. The van der Waals surface area contributed by atoms with Crippen molar-refractivity contribution in [3.8, 4) is 11.3 Å². The molecule has 5 rings (SSSR count). The topological polar surface area (TPSA) is 76.3 Å². The van der Waals surface area contributed by atoms with Gasteiger partial charge in [-0.1, -0.05) is 32.9 Å². The molecule has 1 saturated heterocycles. The fraction of sp³-hybridized carbons (Fsp3) is 0.385. The summed E-state index contributed by atoms with van der Waals surface area (Å²) in [7, 11) is 1.78. The van der Waals surface area contributed by atoms with Crippen LogP contribution in [0.3, 0.4) is 0 Å². The number of imidazole rings is 1. The van der Waals surface area contributed by atoms with Gasteiger partial charge in [-0.3, -0.25) is 13.9 Å². The second kappa shape index (κ2) is 8.96. The lowest BCUT2D eigenvalue weighted by Gasteiger charge is -2.35. The van der Waals surface area contributed by atoms with E-state index >= 15 is 0 Å². The Morgan fingerprint density at radius 3 is 2.37 bits per heavy atom. The van der Waals surface area contributed by atoms with Crippen molar-refractivity contribution < 1.29 is 4.79 Å². The first kappa shape index (κ1) is 23.3. The van der Waals surface area contributed by atoms with E-state index in [2.05, 4.69) is 54.9 Å². The molecule has 35 heavy (non-hydrogen) atoms. The van der Waals surface area contributed by atoms with Crippen LogP contribution in [0, 0.1) is 5.41 Å². The molecular weight excluding hydrogens is 460 g/mol. The van der Waals surface area contributed by atoms with Crippen LogP contribution in [-0.4, -0.2) is 56.1 Å². The number of rotatable bonds is 4. The number of aromatic nitrogens is 4. The van der Waals surface area contributed by atoms with E-state index in [-0.39, 0.29) is 17.0 Å². The van der Waals surface area contributed by atoms with Crippen molar-refractivity contribution in [3.63, 3.8) is 0 Å². The van der Waals surface area contributed by atoms with Crippen LogP contribution in [-0.2, 0) is 13.6 Å². The summed E-state index contributed by atoms with van der Waals surface area (Å²) >= 11 is 1.44. The maximum atomic E-state index is 12.8. The highest BCUT2D eigenvalue weighted by atomic mass is 32.1. The Kier molecular flexibility index (Phi) is 5.96. The molecule has 1 aliphatic rings. The van der Waals surface area contributed by atoms with Crippen LogP contribution in [0.5, 0.6) is 0 Å². The highest BCUT2D eigenvalue weighted by Gasteiger charge is 2.23. The molecule has 0 atom stereocenters. The number of benzene rings is 1. The molecule has 1 aromatic carbocycles. The van der Waals surface area contributed by atoms with E-state index in [4.69, 9.17) is 4.98 Å². The van der Waals surface area contributed by atoms with Gasteiger partial charge in [-0.15, -0.1) is 11.3 Å². The molecule has 1 amide bonds. The summed E-state index contributed by atoms with van der Waals surface area (Å²) < 4.78 is 3.44. The normalized spacial score (nSPS) is 14.6. The number of anilines is 1. The summed E-state index contributed by atoms with van der Waals surface area (Å²) in [5, 5.41) is 1.80. The van der Waals surface area contributed by atoms with Gasteiger partial charge in [0.05, 0.1) is 16.7 Å². The van der Waals surface area contributed by atoms with Crippen LogP contribution in [0.25, 0.3) is 22.4 Å². The molecule has 0 spiro atoms. The molecule has 0 bridgehead atoms. The van der Waals surface area contributed by atoms with Crippen molar-refractivity contribution >= 4 is 34.1 Å². The fourth-order valence-corrected chi connectivity index (χ4v) is 5.08. The molecule has 0 N–H and O–H groups in total. The monoisotopic (exact) mass is 490 g/mol. The largest absolute Gasteiger partial charge is 0.368 e. The first-order chi connectivity index (χ1) is 16.7. The quantitative estimate of drug-likeness (QED) is 0.434. The lowest BCUT2D eigenvalue weighted by Crippen LogP contribution is -2.48. The van der Waals surface area contributed by atoms with Gasteiger partial charge in [-0.05, 0) is 29.7 Å². The maximum absolute atomic E-state index is 12.8. The van der Waals surface area contributed by atoms with Crippen molar-refractivity contribution in [3.05, 3.63) is 63.5 Å². The van der Waals surface area contributed by atoms with Crippen LogP contribution in [0.2, 0.25) is 0 Å². The van der Waals surface area contributed by atoms with Crippen molar-refractivity contribution in [2.45, 2.75) is 27.3 Å².